The van der Waals surface area contributed by atoms with Crippen LogP contribution in [0, 0.1) is 0 Å². The molecule has 0 aliphatic rings. The van der Waals surface area contributed by atoms with E-state index in [4.69, 9.17) is 0 Å². The smallest absolute Gasteiger partial charge is 0.115 e. The zero-order valence-corrected chi connectivity index (χ0v) is 9.39. The van der Waals surface area contributed by atoms with E-state index in [0.717, 1.165) is 18.8 Å². The summed E-state index contributed by atoms with van der Waals surface area (Å²) in [5, 5.41) is 3.36. The molecule has 0 saturated carbocycles. The summed E-state index contributed by atoms with van der Waals surface area (Å²) in [7, 11) is 0. The fraction of sp³-hybridized carbons (Fsp3) is 0.600. The molecule has 0 spiro atoms. The third-order valence-electron chi connectivity index (χ3n) is 1.80. The predicted molar refractivity (Wildman–Crippen MR) is 61.4 cm³/mol. The summed E-state index contributed by atoms with van der Waals surface area (Å²) in [6.45, 7) is 4.11. The Morgan fingerprint density at radius 3 is 3.14 bits per heavy atom. The number of hydrogen-bond acceptors (Lipinski definition) is 4. The summed E-state index contributed by atoms with van der Waals surface area (Å²) in [4.78, 5) is 8.01. The Labute approximate surface area is 89.7 Å². The molecule has 0 aromatic carbocycles. The van der Waals surface area contributed by atoms with Crippen molar-refractivity contribution < 1.29 is 0 Å². The van der Waals surface area contributed by atoms with Crippen LogP contribution in [0.1, 0.15) is 19.0 Å². The molecule has 0 unspecified atom stereocenters. The largest absolute Gasteiger partial charge is 0.311 e. The molecule has 0 aliphatic heterocycles. The first-order valence-corrected chi connectivity index (χ1v) is 6.12. The van der Waals surface area contributed by atoms with Crippen molar-refractivity contribution >= 4 is 11.8 Å². The summed E-state index contributed by atoms with van der Waals surface area (Å²) in [5.74, 6) is 2.46. The molecule has 3 nitrogen and oxygen atoms in total. The van der Waals surface area contributed by atoms with E-state index in [0.29, 0.717) is 0 Å². The summed E-state index contributed by atoms with van der Waals surface area (Å²) in [6, 6.07) is 1.94. The van der Waals surface area contributed by atoms with E-state index in [2.05, 4.69) is 22.2 Å². The Kier molecular flexibility index (Phi) is 6.36. The molecule has 1 aromatic rings. The van der Waals surface area contributed by atoms with Crippen molar-refractivity contribution in [3.8, 4) is 0 Å². The Hall–Kier alpha value is -0.610. The molecular weight excluding hydrogens is 194 g/mol. The first kappa shape index (κ1) is 11.5. The van der Waals surface area contributed by atoms with Crippen molar-refractivity contribution in [2.24, 2.45) is 0 Å². The van der Waals surface area contributed by atoms with Crippen molar-refractivity contribution in [2.45, 2.75) is 19.9 Å². The number of nitrogens with zero attached hydrogens (tertiary/aromatic N) is 2. The van der Waals surface area contributed by atoms with E-state index in [1.807, 2.05) is 17.8 Å². The highest BCUT2D eigenvalue weighted by molar-refractivity contribution is 7.99. The zero-order valence-electron chi connectivity index (χ0n) is 8.57. The summed E-state index contributed by atoms with van der Waals surface area (Å²) in [6.07, 6.45) is 4.59. The average molecular weight is 211 g/mol. The van der Waals surface area contributed by atoms with Crippen LogP contribution in [0.25, 0.3) is 0 Å². The fourth-order valence-electron chi connectivity index (χ4n) is 1.08. The van der Waals surface area contributed by atoms with E-state index in [9.17, 15) is 0 Å². The van der Waals surface area contributed by atoms with E-state index in [-0.39, 0.29) is 0 Å². The molecular formula is C10H17N3S. The van der Waals surface area contributed by atoms with E-state index >= 15 is 0 Å². The summed E-state index contributed by atoms with van der Waals surface area (Å²) >= 11 is 1.99. The van der Waals surface area contributed by atoms with Crippen LogP contribution < -0.4 is 5.32 Å². The van der Waals surface area contributed by atoms with Crippen LogP contribution in [-0.4, -0.2) is 28.0 Å². The summed E-state index contributed by atoms with van der Waals surface area (Å²) in [5.41, 5.74) is 1.06. The molecule has 0 aliphatic carbocycles. The molecule has 14 heavy (non-hydrogen) atoms. The molecule has 0 amide bonds. The monoisotopic (exact) mass is 211 g/mol. The van der Waals surface area contributed by atoms with Gasteiger partial charge in [0, 0.05) is 12.7 Å². The fourth-order valence-corrected chi connectivity index (χ4v) is 1.72. The maximum absolute atomic E-state index is 4.13. The van der Waals surface area contributed by atoms with Crippen LogP contribution in [-0.2, 0) is 6.54 Å². The van der Waals surface area contributed by atoms with Gasteiger partial charge < -0.3 is 5.32 Å². The van der Waals surface area contributed by atoms with Crippen molar-refractivity contribution in [2.75, 3.05) is 18.1 Å². The van der Waals surface area contributed by atoms with Gasteiger partial charge in [0.1, 0.15) is 6.33 Å². The highest BCUT2D eigenvalue weighted by atomic mass is 32.2. The van der Waals surface area contributed by atoms with E-state index in [1.54, 1.807) is 12.5 Å². The van der Waals surface area contributed by atoms with Gasteiger partial charge in [0.2, 0.25) is 0 Å². The minimum absolute atomic E-state index is 0.847. The van der Waals surface area contributed by atoms with Gasteiger partial charge in [-0.1, -0.05) is 6.92 Å². The lowest BCUT2D eigenvalue weighted by atomic mass is 10.4. The molecule has 0 fully saturated rings. The van der Waals surface area contributed by atoms with Crippen LogP contribution in [0.4, 0.5) is 0 Å². The van der Waals surface area contributed by atoms with Gasteiger partial charge in [-0.3, -0.25) is 0 Å². The van der Waals surface area contributed by atoms with Gasteiger partial charge in [-0.25, -0.2) is 9.97 Å². The third kappa shape index (κ3) is 5.19. The molecule has 1 rings (SSSR count). The lowest BCUT2D eigenvalue weighted by Crippen LogP contribution is -2.16. The van der Waals surface area contributed by atoms with Crippen LogP contribution in [0.15, 0.2) is 18.6 Å². The molecule has 1 N–H and O–H groups in total. The molecule has 0 radical (unpaired) electrons. The van der Waals surface area contributed by atoms with Gasteiger partial charge in [-0.05, 0) is 30.5 Å². The lowest BCUT2D eigenvalue weighted by molar-refractivity contribution is 0.666. The van der Waals surface area contributed by atoms with Gasteiger partial charge in [0.05, 0.1) is 5.69 Å². The van der Waals surface area contributed by atoms with Crippen LogP contribution in [0.2, 0.25) is 0 Å². The van der Waals surface area contributed by atoms with Crippen LogP contribution >= 0.6 is 11.8 Å². The number of nitrogens with one attached hydrogen (secondary N) is 1. The highest BCUT2D eigenvalue weighted by Crippen LogP contribution is 1.99. The number of hydrogen-bond donors (Lipinski definition) is 1. The molecule has 1 heterocycles. The second-order valence-electron chi connectivity index (χ2n) is 2.93. The van der Waals surface area contributed by atoms with Crippen molar-refractivity contribution in [3.05, 3.63) is 24.3 Å². The second kappa shape index (κ2) is 7.76. The van der Waals surface area contributed by atoms with Crippen molar-refractivity contribution in [3.63, 3.8) is 0 Å². The van der Waals surface area contributed by atoms with Gasteiger partial charge >= 0.3 is 0 Å². The predicted octanol–water partition coefficient (Wildman–Crippen LogP) is 1.71. The molecule has 0 bridgehead atoms. The Morgan fingerprint density at radius 2 is 2.43 bits per heavy atom. The van der Waals surface area contributed by atoms with E-state index < -0.39 is 0 Å². The first-order chi connectivity index (χ1) is 6.93. The normalized spacial score (nSPS) is 10.4. The maximum atomic E-state index is 4.13. The molecule has 1 aromatic heterocycles. The summed E-state index contributed by atoms with van der Waals surface area (Å²) < 4.78 is 0. The highest BCUT2D eigenvalue weighted by Gasteiger charge is 1.92. The Bertz CT molecular complexity index is 228. The minimum Gasteiger partial charge on any atom is -0.311 e. The van der Waals surface area contributed by atoms with Gasteiger partial charge in [0.25, 0.3) is 0 Å². The van der Waals surface area contributed by atoms with Gasteiger partial charge in [-0.15, -0.1) is 0 Å². The average Bonchev–Trinajstić information content (AvgIpc) is 2.25. The maximum Gasteiger partial charge on any atom is 0.115 e. The third-order valence-corrected chi connectivity index (χ3v) is 2.78. The second-order valence-corrected chi connectivity index (χ2v) is 4.32. The topological polar surface area (TPSA) is 37.8 Å². The van der Waals surface area contributed by atoms with Gasteiger partial charge in [0.15, 0.2) is 0 Å². The van der Waals surface area contributed by atoms with Crippen molar-refractivity contribution in [1.29, 1.82) is 0 Å². The molecule has 0 atom stereocenters. The van der Waals surface area contributed by atoms with Crippen LogP contribution in [0.3, 0.4) is 0 Å². The number of aromatic nitrogens is 2. The van der Waals surface area contributed by atoms with Crippen LogP contribution in [0.5, 0.6) is 0 Å². The minimum atomic E-state index is 0.847. The van der Waals surface area contributed by atoms with Crippen molar-refractivity contribution in [1.82, 2.24) is 15.3 Å². The van der Waals surface area contributed by atoms with E-state index in [1.165, 1.54) is 17.9 Å². The molecule has 0 saturated heterocycles. The Balaban J connectivity index is 1.99. The number of thioether (sulfide) groups is 1. The Morgan fingerprint density at radius 1 is 1.50 bits per heavy atom. The standard InChI is InChI=1S/C10H17N3S/c1-2-14-7-3-5-11-8-10-4-6-12-9-13-10/h4,6,9,11H,2-3,5,7-8H2,1H3. The van der Waals surface area contributed by atoms with Gasteiger partial charge in [-0.2, -0.15) is 11.8 Å². The zero-order chi connectivity index (χ0) is 10.1. The lowest BCUT2D eigenvalue weighted by Gasteiger charge is -2.03. The number of rotatable bonds is 7. The first-order valence-electron chi connectivity index (χ1n) is 4.97. The molecule has 78 valence electrons. The SMILES string of the molecule is CCSCCCNCc1ccncn1. The molecule has 4 heteroatoms. The quantitative estimate of drug-likeness (QED) is 0.697.